The van der Waals surface area contributed by atoms with Crippen molar-refractivity contribution in [2.45, 2.75) is 60.4 Å². The topological polar surface area (TPSA) is 76.0 Å². The van der Waals surface area contributed by atoms with E-state index in [1.54, 1.807) is 4.68 Å². The number of amides is 2. The molecule has 0 saturated carbocycles. The zero-order valence-corrected chi connectivity index (χ0v) is 17.5. The van der Waals surface area contributed by atoms with Gasteiger partial charge in [-0.1, -0.05) is 20.8 Å². The zero-order chi connectivity index (χ0) is 19.8. The molecule has 1 aliphatic rings. The van der Waals surface area contributed by atoms with Gasteiger partial charge in [0, 0.05) is 10.6 Å². The molecule has 0 radical (unpaired) electrons. The Hall–Kier alpha value is -2.15. The smallest absolute Gasteiger partial charge is 0.271 e. The number of nitrogens with one attached hydrogen (secondary N) is 2. The lowest BCUT2D eigenvalue weighted by Crippen LogP contribution is -2.43. The molecule has 2 heterocycles. The zero-order valence-electron chi connectivity index (χ0n) is 16.7. The molecule has 0 fully saturated rings. The molecule has 1 atom stereocenters. The van der Waals surface area contributed by atoms with Crippen LogP contribution in [0.2, 0.25) is 0 Å². The fraction of sp³-hybridized carbons (Fsp3) is 0.550. The Morgan fingerprint density at radius 1 is 1.26 bits per heavy atom. The van der Waals surface area contributed by atoms with Gasteiger partial charge in [0.05, 0.1) is 10.6 Å². The third kappa shape index (κ3) is 4.58. The normalized spacial score (nSPS) is 16.7. The summed E-state index contributed by atoms with van der Waals surface area (Å²) < 4.78 is 1.62. The number of hydrazine groups is 1. The average Bonchev–Trinajstić information content (AvgIpc) is 3.14. The number of rotatable bonds is 3. The summed E-state index contributed by atoms with van der Waals surface area (Å²) in [5.74, 6) is 0.0723. The summed E-state index contributed by atoms with van der Waals surface area (Å²) in [5.41, 5.74) is 8.35. The van der Waals surface area contributed by atoms with Crippen LogP contribution in [0.25, 0.3) is 0 Å². The van der Waals surface area contributed by atoms with Gasteiger partial charge in [-0.3, -0.25) is 25.1 Å². The van der Waals surface area contributed by atoms with Crippen LogP contribution in [0, 0.1) is 25.2 Å². The molecule has 0 aliphatic heterocycles. The standard InChI is InChI=1S/C20H28N4O2S/c1-12-8-13(2)24(23-12)11-18(25)21-22-19(26)17-10-14-9-15(20(3,4)5)6-7-16(14)27-17/h8,10,15H,6-7,9,11H2,1-5H3,(H,21,25)(H,22,26)/t15-/m1/s1. The molecule has 6 nitrogen and oxygen atoms in total. The van der Waals surface area contributed by atoms with E-state index in [1.807, 2.05) is 26.0 Å². The van der Waals surface area contributed by atoms with Crippen LogP contribution in [-0.4, -0.2) is 21.6 Å². The number of carbonyl (C=O) groups is 2. The summed E-state index contributed by atoms with van der Waals surface area (Å²) in [6.45, 7) is 10.7. The van der Waals surface area contributed by atoms with Crippen LogP contribution in [0.5, 0.6) is 0 Å². The Labute approximate surface area is 164 Å². The first-order valence-electron chi connectivity index (χ1n) is 9.35. The minimum Gasteiger partial charge on any atom is -0.271 e. The fourth-order valence-corrected chi connectivity index (χ4v) is 4.68. The average molecular weight is 389 g/mol. The fourth-order valence-electron chi connectivity index (χ4n) is 3.57. The molecule has 0 saturated heterocycles. The van der Waals surface area contributed by atoms with Gasteiger partial charge in [-0.25, -0.2) is 0 Å². The number of aromatic nitrogens is 2. The largest absolute Gasteiger partial charge is 0.279 e. The highest BCUT2D eigenvalue weighted by molar-refractivity contribution is 7.14. The molecule has 2 N–H and O–H groups in total. The molecule has 27 heavy (non-hydrogen) atoms. The summed E-state index contributed by atoms with van der Waals surface area (Å²) in [6.07, 6.45) is 3.21. The van der Waals surface area contributed by atoms with Gasteiger partial charge in [-0.05, 0) is 62.1 Å². The summed E-state index contributed by atoms with van der Waals surface area (Å²) in [4.78, 5) is 26.5. The minimum atomic E-state index is -0.302. The van der Waals surface area contributed by atoms with Gasteiger partial charge in [0.25, 0.3) is 11.8 Å². The van der Waals surface area contributed by atoms with Crippen LogP contribution >= 0.6 is 11.3 Å². The predicted molar refractivity (Wildman–Crippen MR) is 107 cm³/mol. The SMILES string of the molecule is Cc1cc(C)n(CC(=O)NNC(=O)c2cc3c(s2)CC[C@@H](C(C)(C)C)C3)n1. The van der Waals surface area contributed by atoms with E-state index >= 15 is 0 Å². The number of thiophene rings is 1. The van der Waals surface area contributed by atoms with E-state index < -0.39 is 0 Å². The monoisotopic (exact) mass is 388 g/mol. The quantitative estimate of drug-likeness (QED) is 0.793. The molecule has 146 valence electrons. The van der Waals surface area contributed by atoms with Crippen LogP contribution in [0.3, 0.4) is 0 Å². The Kier molecular flexibility index (Phi) is 5.42. The van der Waals surface area contributed by atoms with Crippen molar-refractivity contribution in [3.63, 3.8) is 0 Å². The summed E-state index contributed by atoms with van der Waals surface area (Å²) >= 11 is 1.54. The lowest BCUT2D eigenvalue weighted by molar-refractivity contribution is -0.122. The highest BCUT2D eigenvalue weighted by atomic mass is 32.1. The van der Waals surface area contributed by atoms with E-state index in [4.69, 9.17) is 0 Å². The van der Waals surface area contributed by atoms with Crippen LogP contribution in [-0.2, 0) is 24.2 Å². The van der Waals surface area contributed by atoms with Gasteiger partial charge in [0.15, 0.2) is 0 Å². The van der Waals surface area contributed by atoms with Crippen molar-refractivity contribution in [1.82, 2.24) is 20.6 Å². The highest BCUT2D eigenvalue weighted by Crippen LogP contribution is 2.40. The molecule has 0 unspecified atom stereocenters. The maximum Gasteiger partial charge on any atom is 0.279 e. The molecule has 2 aromatic rings. The van der Waals surface area contributed by atoms with Gasteiger partial charge in [-0.2, -0.15) is 5.10 Å². The number of hydrogen-bond donors (Lipinski definition) is 2. The van der Waals surface area contributed by atoms with Gasteiger partial charge in [0.1, 0.15) is 6.54 Å². The number of carbonyl (C=O) groups excluding carboxylic acids is 2. The molecule has 2 aromatic heterocycles. The molecule has 2 amide bonds. The Balaban J connectivity index is 1.57. The number of nitrogens with zero attached hydrogens (tertiary/aromatic N) is 2. The third-order valence-corrected chi connectivity index (χ3v) is 6.48. The second kappa shape index (κ2) is 7.46. The minimum absolute atomic E-state index is 0.0775. The summed E-state index contributed by atoms with van der Waals surface area (Å²) in [7, 11) is 0. The van der Waals surface area contributed by atoms with Crippen LogP contribution < -0.4 is 10.9 Å². The molecule has 3 rings (SSSR count). The first-order chi connectivity index (χ1) is 12.6. The predicted octanol–water partition coefficient (Wildman–Crippen LogP) is 3.17. The molecular formula is C20H28N4O2S. The van der Waals surface area contributed by atoms with Crippen molar-refractivity contribution in [1.29, 1.82) is 0 Å². The lowest BCUT2D eigenvalue weighted by atomic mass is 9.72. The van der Waals surface area contributed by atoms with Crippen molar-refractivity contribution in [2.24, 2.45) is 11.3 Å². The van der Waals surface area contributed by atoms with E-state index in [-0.39, 0.29) is 23.8 Å². The van der Waals surface area contributed by atoms with Crippen LogP contribution in [0.15, 0.2) is 12.1 Å². The Morgan fingerprint density at radius 2 is 2.00 bits per heavy atom. The second-order valence-corrected chi connectivity index (χ2v) is 9.59. The van der Waals surface area contributed by atoms with E-state index in [2.05, 4.69) is 36.7 Å². The van der Waals surface area contributed by atoms with Crippen molar-refractivity contribution < 1.29 is 9.59 Å². The maximum atomic E-state index is 12.4. The molecule has 0 spiro atoms. The van der Waals surface area contributed by atoms with Gasteiger partial charge in [-0.15, -0.1) is 11.3 Å². The third-order valence-electron chi connectivity index (χ3n) is 5.24. The Bertz CT molecular complexity index is 860. The molecule has 0 aromatic carbocycles. The number of hydrogen-bond acceptors (Lipinski definition) is 4. The van der Waals surface area contributed by atoms with E-state index in [0.29, 0.717) is 10.8 Å². The van der Waals surface area contributed by atoms with E-state index in [0.717, 1.165) is 30.7 Å². The summed E-state index contributed by atoms with van der Waals surface area (Å²) in [6, 6.07) is 3.90. The first-order valence-corrected chi connectivity index (χ1v) is 10.2. The second-order valence-electron chi connectivity index (χ2n) is 8.45. The highest BCUT2D eigenvalue weighted by Gasteiger charge is 2.30. The molecular weight excluding hydrogens is 360 g/mol. The van der Waals surface area contributed by atoms with Crippen molar-refractivity contribution in [2.75, 3.05) is 0 Å². The van der Waals surface area contributed by atoms with Crippen LogP contribution in [0.1, 0.15) is 58.7 Å². The van der Waals surface area contributed by atoms with Gasteiger partial charge < -0.3 is 0 Å². The van der Waals surface area contributed by atoms with Crippen molar-refractivity contribution >= 4 is 23.2 Å². The lowest BCUT2D eigenvalue weighted by Gasteiger charge is -2.33. The summed E-state index contributed by atoms with van der Waals surface area (Å²) in [5, 5.41) is 4.25. The van der Waals surface area contributed by atoms with E-state index in [1.165, 1.54) is 21.8 Å². The van der Waals surface area contributed by atoms with Crippen LogP contribution in [0.4, 0.5) is 0 Å². The van der Waals surface area contributed by atoms with Gasteiger partial charge in [0.2, 0.25) is 0 Å². The maximum absolute atomic E-state index is 12.4. The number of fused-ring (bicyclic) bond motifs is 1. The molecule has 7 heteroatoms. The van der Waals surface area contributed by atoms with Crippen molar-refractivity contribution in [3.05, 3.63) is 38.8 Å². The molecule has 0 bridgehead atoms. The van der Waals surface area contributed by atoms with Crippen molar-refractivity contribution in [3.8, 4) is 0 Å². The number of aryl methyl sites for hydroxylation is 3. The Morgan fingerprint density at radius 3 is 2.63 bits per heavy atom. The van der Waals surface area contributed by atoms with Gasteiger partial charge >= 0.3 is 0 Å². The van der Waals surface area contributed by atoms with E-state index in [9.17, 15) is 9.59 Å². The molecule has 1 aliphatic carbocycles. The first kappa shape index (κ1) is 19.6.